The minimum atomic E-state index is -4.07. The van der Waals surface area contributed by atoms with Gasteiger partial charge in [0.05, 0.1) is 51.2 Å². The van der Waals surface area contributed by atoms with Crippen LogP contribution in [-0.4, -0.2) is 143 Å². The molecule has 3 saturated carbocycles. The van der Waals surface area contributed by atoms with Gasteiger partial charge in [-0.15, -0.1) is 15.3 Å². The van der Waals surface area contributed by atoms with Gasteiger partial charge in [-0.3, -0.25) is 14.4 Å². The topological polar surface area (TPSA) is 319 Å². The lowest BCUT2D eigenvalue weighted by molar-refractivity contribution is 0.0972. The molecule has 30 heteroatoms. The zero-order chi connectivity index (χ0) is 86.5. The second-order valence-corrected chi connectivity index (χ2v) is 43.7. The fraction of sp³-hybridized carbons (Fsp3) is 0.516. The van der Waals surface area contributed by atoms with E-state index in [4.69, 9.17) is 29.2 Å². The van der Waals surface area contributed by atoms with Crippen molar-refractivity contribution in [2.75, 3.05) is 54.2 Å². The Morgan fingerprint density at radius 2 is 0.642 bits per heavy atom. The SMILES string of the molecule is CC1(CCOc2ccn(-c3ccc4c(n3)N3CC(CCCCc5cccc(c5)S(=O)(=O)NC4=O)CC3(C)C)n2)CC1.CC1(CCOc2ccn(-c3ccc4c(n3)N3CC(CCCCc5cccc(c5)S(=O)(=O)NC4=O)CC3(C)C)n2)CC1.CC1(CCOc2ccn(-c3ccc4c(n3)N3CC(CCCCc5cccc(c5)S(=O)(=O)NC4=O)CC3(C)C)n2)CC1. The van der Waals surface area contributed by atoms with Crippen LogP contribution in [0.25, 0.3) is 17.5 Å². The third-order valence-electron chi connectivity index (χ3n) is 26.8. The summed E-state index contributed by atoms with van der Waals surface area (Å²) in [6.07, 6.45) is 30.5. The zero-order valence-corrected chi connectivity index (χ0v) is 74.7. The van der Waals surface area contributed by atoms with Gasteiger partial charge in [0.1, 0.15) is 17.5 Å². The molecule has 3 atom stereocenters. The van der Waals surface area contributed by atoms with E-state index in [2.05, 4.69) is 106 Å². The molecule has 6 aromatic heterocycles. The summed E-state index contributed by atoms with van der Waals surface area (Å²) in [5.41, 5.74) is 3.97. The predicted octanol–water partition coefficient (Wildman–Crippen LogP) is 15.9. The Labute approximate surface area is 723 Å². The molecule has 0 spiro atoms. The summed E-state index contributed by atoms with van der Waals surface area (Å²) in [6, 6.07) is 36.1. The third kappa shape index (κ3) is 20.4. The summed E-state index contributed by atoms with van der Waals surface area (Å²) >= 11 is 0. The number of aryl methyl sites for hydroxylation is 3. The number of ether oxygens (including phenoxy) is 3. The molecule has 3 aliphatic carbocycles. The number of nitrogens with zero attached hydrogens (tertiary/aromatic N) is 12. The number of carbonyl (C=O) groups excluding carboxylic acids is 3. The van der Waals surface area contributed by atoms with Gasteiger partial charge in [-0.1, -0.05) is 76.4 Å². The average molecular weight is 1730 g/mol. The van der Waals surface area contributed by atoms with Gasteiger partial charge < -0.3 is 28.9 Å². The number of fused-ring (bicyclic) bond motifs is 18. The second kappa shape index (κ2) is 34.4. The number of amides is 3. The van der Waals surface area contributed by atoms with E-state index >= 15 is 0 Å². The van der Waals surface area contributed by atoms with Crippen LogP contribution in [0.2, 0.25) is 0 Å². The molecule has 18 rings (SSSR count). The maximum absolute atomic E-state index is 13.6. The first-order chi connectivity index (χ1) is 58.5. The van der Waals surface area contributed by atoms with Crippen molar-refractivity contribution >= 4 is 65.2 Å². The first-order valence-electron chi connectivity index (χ1n) is 44.0. The number of rotatable bonds is 15. The van der Waals surface area contributed by atoms with Gasteiger partial charge in [0, 0.05) is 73.0 Å². The van der Waals surface area contributed by atoms with Crippen LogP contribution < -0.4 is 43.1 Å². The molecule has 12 heterocycles. The molecule has 9 aliphatic rings. The highest BCUT2D eigenvalue weighted by Crippen LogP contribution is 2.51. The summed E-state index contributed by atoms with van der Waals surface area (Å²) in [4.78, 5) is 62.3. The Hall–Kier alpha value is -10.2. The fourth-order valence-electron chi connectivity index (χ4n) is 18.4. The number of anilines is 3. The lowest BCUT2D eigenvalue weighted by Crippen LogP contribution is -2.41. The molecule has 123 heavy (non-hydrogen) atoms. The lowest BCUT2D eigenvalue weighted by Gasteiger charge is -2.34. The molecule has 6 aliphatic heterocycles. The maximum Gasteiger partial charge on any atom is 0.268 e. The van der Waals surface area contributed by atoms with E-state index in [0.717, 1.165) is 152 Å². The van der Waals surface area contributed by atoms with E-state index in [1.54, 1.807) is 105 Å². The van der Waals surface area contributed by atoms with Crippen molar-refractivity contribution in [3.8, 4) is 35.1 Å². The molecular formula is C93H117N15O12S3. The van der Waals surface area contributed by atoms with Crippen molar-refractivity contribution < 1.29 is 53.8 Å². The van der Waals surface area contributed by atoms with Crippen molar-refractivity contribution in [2.45, 2.75) is 248 Å². The van der Waals surface area contributed by atoms with Crippen molar-refractivity contribution in [3.63, 3.8) is 0 Å². The molecule has 9 aromatic rings. The van der Waals surface area contributed by atoms with Crippen molar-refractivity contribution in [3.05, 3.63) is 179 Å². The second-order valence-electron chi connectivity index (χ2n) is 38.6. The summed E-state index contributed by atoms with van der Waals surface area (Å²) in [5, 5.41) is 13.7. The molecule has 6 fully saturated rings. The Kier molecular flexibility index (Phi) is 24.1. The number of sulfonamides is 3. The van der Waals surface area contributed by atoms with Crippen molar-refractivity contribution in [1.29, 1.82) is 0 Å². The monoisotopic (exact) mass is 1730 g/mol. The van der Waals surface area contributed by atoms with Crippen molar-refractivity contribution in [1.82, 2.24) is 58.5 Å². The molecule has 3 N–H and O–H groups in total. The molecule has 27 nitrogen and oxygen atoms in total. The molecule has 654 valence electrons. The first kappa shape index (κ1) is 86.3. The fourth-order valence-corrected chi connectivity index (χ4v) is 21.5. The van der Waals surface area contributed by atoms with Gasteiger partial charge in [-0.05, 0) is 300 Å². The van der Waals surface area contributed by atoms with Crippen LogP contribution >= 0.6 is 0 Å². The molecule has 3 aromatic carbocycles. The van der Waals surface area contributed by atoms with Gasteiger partial charge in [0.15, 0.2) is 17.5 Å². The predicted molar refractivity (Wildman–Crippen MR) is 471 cm³/mol. The van der Waals surface area contributed by atoms with Gasteiger partial charge in [0.25, 0.3) is 47.8 Å². The van der Waals surface area contributed by atoms with Crippen LogP contribution in [0.15, 0.2) is 161 Å². The summed E-state index contributed by atoms with van der Waals surface area (Å²) in [7, 11) is -12.2. The van der Waals surface area contributed by atoms with E-state index in [9.17, 15) is 39.6 Å². The number of pyridine rings is 3. The number of benzene rings is 3. The van der Waals surface area contributed by atoms with Gasteiger partial charge in [-0.2, -0.15) is 0 Å². The first-order valence-corrected chi connectivity index (χ1v) is 48.4. The number of hydrogen-bond donors (Lipinski definition) is 3. The highest BCUT2D eigenvalue weighted by atomic mass is 32.2. The summed E-state index contributed by atoms with van der Waals surface area (Å²) in [6.45, 7) is 23.9. The molecule has 0 radical (unpaired) electrons. The Bertz CT molecular complexity index is 5230. The molecule has 3 unspecified atom stereocenters. The maximum atomic E-state index is 13.6. The molecule has 12 bridgehead atoms. The highest BCUT2D eigenvalue weighted by Gasteiger charge is 2.46. The molecular weight excluding hydrogens is 1620 g/mol. The Morgan fingerprint density at radius 1 is 0.366 bits per heavy atom. The van der Waals surface area contributed by atoms with Gasteiger partial charge in [-0.25, -0.2) is 68.4 Å². The van der Waals surface area contributed by atoms with Crippen LogP contribution in [0.5, 0.6) is 17.6 Å². The van der Waals surface area contributed by atoms with Gasteiger partial charge >= 0.3 is 0 Å². The molecule has 3 saturated heterocycles. The largest absolute Gasteiger partial charge is 0.477 e. The van der Waals surface area contributed by atoms with E-state index in [1.807, 2.05) is 36.4 Å². The summed E-state index contributed by atoms with van der Waals surface area (Å²) in [5.74, 6) is 3.83. The van der Waals surface area contributed by atoms with Crippen LogP contribution in [0.1, 0.15) is 245 Å². The minimum absolute atomic E-state index is 0.0891. The average Bonchev–Trinajstić information content (AvgIpc) is 1.73. The highest BCUT2D eigenvalue weighted by molar-refractivity contribution is 7.90. The smallest absolute Gasteiger partial charge is 0.268 e. The van der Waals surface area contributed by atoms with Crippen LogP contribution in [0.3, 0.4) is 0 Å². The van der Waals surface area contributed by atoms with Gasteiger partial charge in [0.2, 0.25) is 17.6 Å². The van der Waals surface area contributed by atoms with Crippen LogP contribution in [-0.2, 0) is 49.3 Å². The van der Waals surface area contributed by atoms with E-state index < -0.39 is 47.8 Å². The molecule has 3 amide bonds. The van der Waals surface area contributed by atoms with E-state index in [-0.39, 0.29) is 48.0 Å². The number of carbonyl (C=O) groups is 3. The normalized spacial score (nSPS) is 22.7. The van der Waals surface area contributed by atoms with E-state index in [1.165, 1.54) is 56.7 Å². The third-order valence-corrected chi connectivity index (χ3v) is 30.8. The number of hydrogen-bond acceptors (Lipinski definition) is 21. The van der Waals surface area contributed by atoms with E-state index in [0.29, 0.717) is 106 Å². The number of aromatic nitrogens is 9. The zero-order valence-electron chi connectivity index (χ0n) is 72.3. The lowest BCUT2D eigenvalue weighted by atomic mass is 9.92. The summed E-state index contributed by atoms with van der Waals surface area (Å²) < 4.78 is 109. The number of nitrogens with one attached hydrogen (secondary N) is 3. The van der Waals surface area contributed by atoms with Crippen LogP contribution in [0, 0.1) is 34.0 Å². The minimum Gasteiger partial charge on any atom is -0.477 e. The quantitative estimate of drug-likeness (QED) is 0.0858. The van der Waals surface area contributed by atoms with Crippen molar-refractivity contribution in [2.24, 2.45) is 34.0 Å². The standard InChI is InChI=1S/3C31H39N5O4S/c3*1-30(2)20-23-8-5-4-7-22-9-6-10-24(19-22)41(38,39)34-29(37)25-11-12-26(32-28(25)35(30)21-23)36-17-13-27(33-36)40-18-16-31(3)14-15-31/h3*6,9-13,17,19,23H,4-5,7-8,14-16,18,20-21H2,1-3H3,(H,34,37). The van der Waals surface area contributed by atoms with Crippen LogP contribution in [0.4, 0.5) is 17.5 Å². The Balaban J connectivity index is 0.000000137. The Morgan fingerprint density at radius 3 is 0.911 bits per heavy atom.